The maximum atomic E-state index is 5.46. The van der Waals surface area contributed by atoms with Gasteiger partial charge >= 0.3 is 6.01 Å². The van der Waals surface area contributed by atoms with Crippen molar-refractivity contribution in [3.05, 3.63) is 18.5 Å². The molecule has 4 nitrogen and oxygen atoms in total. The molecule has 2 rings (SSSR count). The summed E-state index contributed by atoms with van der Waals surface area (Å²) in [5.41, 5.74) is 0. The highest BCUT2D eigenvalue weighted by atomic mass is 16.5. The molecule has 0 aliphatic carbocycles. The van der Waals surface area contributed by atoms with Crippen molar-refractivity contribution in [2.75, 3.05) is 19.7 Å². The van der Waals surface area contributed by atoms with Crippen LogP contribution >= 0.6 is 0 Å². The molecule has 4 heteroatoms. The summed E-state index contributed by atoms with van der Waals surface area (Å²) in [5.74, 6) is 0.752. The minimum atomic E-state index is 0.487. The number of rotatable bonds is 4. The average molecular weight is 207 g/mol. The van der Waals surface area contributed by atoms with Crippen molar-refractivity contribution >= 4 is 0 Å². The number of aromatic nitrogens is 2. The van der Waals surface area contributed by atoms with Crippen LogP contribution < -0.4 is 10.1 Å². The van der Waals surface area contributed by atoms with Gasteiger partial charge in [0.25, 0.3) is 0 Å². The summed E-state index contributed by atoms with van der Waals surface area (Å²) in [5, 5.41) is 3.40. The largest absolute Gasteiger partial charge is 0.463 e. The molecule has 0 bridgehead atoms. The number of nitrogens with zero attached hydrogens (tertiary/aromatic N) is 2. The summed E-state index contributed by atoms with van der Waals surface area (Å²) in [4.78, 5) is 8.02. The van der Waals surface area contributed by atoms with E-state index < -0.39 is 0 Å². The van der Waals surface area contributed by atoms with Crippen LogP contribution in [0.2, 0.25) is 0 Å². The van der Waals surface area contributed by atoms with Crippen LogP contribution in [0.3, 0.4) is 0 Å². The predicted molar refractivity (Wildman–Crippen MR) is 57.7 cm³/mol. The Morgan fingerprint density at radius 3 is 3.00 bits per heavy atom. The average Bonchev–Trinajstić information content (AvgIpc) is 2.32. The van der Waals surface area contributed by atoms with Gasteiger partial charge in [-0.2, -0.15) is 0 Å². The number of nitrogens with one attached hydrogen (secondary N) is 1. The normalized spacial score (nSPS) is 21.2. The van der Waals surface area contributed by atoms with Crippen LogP contribution in [0, 0.1) is 5.92 Å². The van der Waals surface area contributed by atoms with E-state index in [4.69, 9.17) is 4.74 Å². The van der Waals surface area contributed by atoms with Gasteiger partial charge in [-0.1, -0.05) is 0 Å². The number of ether oxygens (including phenoxy) is 1. The van der Waals surface area contributed by atoms with Crippen molar-refractivity contribution in [3.8, 4) is 6.01 Å². The molecule has 1 atom stereocenters. The third-order valence-electron chi connectivity index (χ3n) is 2.70. The molecule has 0 spiro atoms. The molecule has 0 saturated carbocycles. The van der Waals surface area contributed by atoms with Crippen molar-refractivity contribution < 1.29 is 4.74 Å². The van der Waals surface area contributed by atoms with E-state index in [1.807, 2.05) is 0 Å². The Labute approximate surface area is 90.1 Å². The van der Waals surface area contributed by atoms with Crippen LogP contribution in [0.5, 0.6) is 6.01 Å². The zero-order valence-corrected chi connectivity index (χ0v) is 8.85. The molecule has 1 aliphatic heterocycles. The fraction of sp³-hybridized carbons (Fsp3) is 0.636. The zero-order chi connectivity index (χ0) is 10.3. The number of hydrogen-bond acceptors (Lipinski definition) is 4. The highest BCUT2D eigenvalue weighted by Crippen LogP contribution is 2.14. The van der Waals surface area contributed by atoms with Gasteiger partial charge in [0.15, 0.2) is 0 Å². The van der Waals surface area contributed by atoms with Crippen molar-refractivity contribution in [2.24, 2.45) is 5.92 Å². The molecular formula is C11H17N3O. The molecule has 15 heavy (non-hydrogen) atoms. The second kappa shape index (κ2) is 5.66. The van der Waals surface area contributed by atoms with E-state index in [0.717, 1.165) is 25.5 Å². The van der Waals surface area contributed by atoms with Crippen molar-refractivity contribution in [1.29, 1.82) is 0 Å². The minimum Gasteiger partial charge on any atom is -0.463 e. The van der Waals surface area contributed by atoms with Crippen LogP contribution in [0.1, 0.15) is 19.3 Å². The Morgan fingerprint density at radius 2 is 2.27 bits per heavy atom. The van der Waals surface area contributed by atoms with Gasteiger partial charge in [-0.25, -0.2) is 9.97 Å². The van der Waals surface area contributed by atoms with Gasteiger partial charge in [0.1, 0.15) is 0 Å². The topological polar surface area (TPSA) is 47.0 Å². The lowest BCUT2D eigenvalue weighted by atomic mass is 9.97. The molecule has 0 amide bonds. The maximum absolute atomic E-state index is 5.46. The second-order valence-corrected chi connectivity index (χ2v) is 3.88. The van der Waals surface area contributed by atoms with Crippen molar-refractivity contribution in [2.45, 2.75) is 19.3 Å². The van der Waals surface area contributed by atoms with Crippen LogP contribution in [-0.2, 0) is 0 Å². The van der Waals surface area contributed by atoms with Gasteiger partial charge in [0, 0.05) is 12.4 Å². The van der Waals surface area contributed by atoms with Crippen LogP contribution in [0.4, 0.5) is 0 Å². The lowest BCUT2D eigenvalue weighted by molar-refractivity contribution is 0.240. The first-order chi connectivity index (χ1) is 7.45. The number of piperidine rings is 1. The Balaban J connectivity index is 1.66. The fourth-order valence-electron chi connectivity index (χ4n) is 1.85. The summed E-state index contributed by atoms with van der Waals surface area (Å²) < 4.78 is 5.46. The van der Waals surface area contributed by atoms with Gasteiger partial charge in [-0.05, 0) is 44.3 Å². The highest BCUT2D eigenvalue weighted by molar-refractivity contribution is 4.93. The summed E-state index contributed by atoms with van der Waals surface area (Å²) in [7, 11) is 0. The minimum absolute atomic E-state index is 0.487. The Morgan fingerprint density at radius 1 is 1.40 bits per heavy atom. The molecule has 0 aromatic carbocycles. The van der Waals surface area contributed by atoms with Gasteiger partial charge in [-0.3, -0.25) is 0 Å². The molecule has 1 fully saturated rings. The summed E-state index contributed by atoms with van der Waals surface area (Å²) in [6.45, 7) is 3.01. The summed E-state index contributed by atoms with van der Waals surface area (Å²) in [6, 6.07) is 2.28. The first-order valence-electron chi connectivity index (χ1n) is 5.55. The lowest BCUT2D eigenvalue weighted by Gasteiger charge is -2.22. The quantitative estimate of drug-likeness (QED) is 0.807. The van der Waals surface area contributed by atoms with Crippen LogP contribution in [-0.4, -0.2) is 29.7 Å². The van der Waals surface area contributed by atoms with Gasteiger partial charge in [0.2, 0.25) is 0 Å². The van der Waals surface area contributed by atoms with Gasteiger partial charge < -0.3 is 10.1 Å². The molecule has 1 unspecified atom stereocenters. The SMILES string of the molecule is c1cnc(OCCC2CCCNC2)nc1. The van der Waals surface area contributed by atoms with E-state index in [1.54, 1.807) is 18.5 Å². The van der Waals surface area contributed by atoms with Crippen molar-refractivity contribution in [3.63, 3.8) is 0 Å². The molecule has 1 N–H and O–H groups in total. The van der Waals surface area contributed by atoms with Gasteiger partial charge in [-0.15, -0.1) is 0 Å². The Kier molecular flexibility index (Phi) is 3.91. The Bertz CT molecular complexity index is 272. The molecule has 1 aliphatic rings. The molecular weight excluding hydrogens is 190 g/mol. The Hall–Kier alpha value is -1.16. The molecule has 1 saturated heterocycles. The van der Waals surface area contributed by atoms with Gasteiger partial charge in [0.05, 0.1) is 6.61 Å². The van der Waals surface area contributed by atoms with E-state index in [-0.39, 0.29) is 0 Å². The molecule has 1 aromatic rings. The highest BCUT2D eigenvalue weighted by Gasteiger charge is 2.12. The van der Waals surface area contributed by atoms with Crippen molar-refractivity contribution in [1.82, 2.24) is 15.3 Å². The van der Waals surface area contributed by atoms with Crippen LogP contribution in [0.15, 0.2) is 18.5 Å². The summed E-state index contributed by atoms with van der Waals surface area (Å²) >= 11 is 0. The number of hydrogen-bond donors (Lipinski definition) is 1. The molecule has 82 valence electrons. The van der Waals surface area contributed by atoms with E-state index in [1.165, 1.54) is 19.4 Å². The monoisotopic (exact) mass is 207 g/mol. The smallest absolute Gasteiger partial charge is 0.316 e. The van der Waals surface area contributed by atoms with E-state index in [0.29, 0.717) is 6.01 Å². The maximum Gasteiger partial charge on any atom is 0.316 e. The molecule has 2 heterocycles. The third-order valence-corrected chi connectivity index (χ3v) is 2.70. The first-order valence-corrected chi connectivity index (χ1v) is 5.55. The second-order valence-electron chi connectivity index (χ2n) is 3.88. The van der Waals surface area contributed by atoms with E-state index in [2.05, 4.69) is 15.3 Å². The first kappa shape index (κ1) is 10.4. The predicted octanol–water partition coefficient (Wildman–Crippen LogP) is 1.25. The van der Waals surface area contributed by atoms with E-state index >= 15 is 0 Å². The summed E-state index contributed by atoms with van der Waals surface area (Å²) in [6.07, 6.45) is 7.08. The fourth-order valence-corrected chi connectivity index (χ4v) is 1.85. The standard InChI is InChI=1S/C11H17N3O/c1-3-10(9-12-5-1)4-8-15-11-13-6-2-7-14-11/h2,6-7,10,12H,1,3-5,8-9H2. The lowest BCUT2D eigenvalue weighted by Crippen LogP contribution is -2.30. The zero-order valence-electron chi connectivity index (χ0n) is 8.85. The molecule has 0 radical (unpaired) electrons. The molecule has 1 aromatic heterocycles. The third kappa shape index (κ3) is 3.47. The van der Waals surface area contributed by atoms with E-state index in [9.17, 15) is 0 Å². The van der Waals surface area contributed by atoms with Crippen LogP contribution in [0.25, 0.3) is 0 Å².